The second-order valence-corrected chi connectivity index (χ2v) is 5.65. The number of hydrogen-bond acceptors (Lipinski definition) is 3. The standard InChI is InChI=1S/C18H32O4/c1-2-3-4-5-6-8-11-14-17(22-21)15-12-9-7-10-13-16-18(19)20/h6,8,11,14,17,21H,2-5,7,9-10,12-13,15-16H2,1H3,(H,19,20)/b8-6-,14-11?/t17-/m1/s1. The van der Waals surface area contributed by atoms with E-state index in [-0.39, 0.29) is 12.5 Å². The number of carboxylic acids is 1. The highest BCUT2D eigenvalue weighted by Crippen LogP contribution is 2.11. The fraction of sp³-hybridized carbons (Fsp3) is 0.722. The van der Waals surface area contributed by atoms with Crippen LogP contribution in [0.25, 0.3) is 0 Å². The molecule has 0 aliphatic rings. The van der Waals surface area contributed by atoms with Gasteiger partial charge in [-0.05, 0) is 25.7 Å². The molecular formula is C18H32O4. The number of carbonyl (C=O) groups is 1. The van der Waals surface area contributed by atoms with E-state index in [0.717, 1.165) is 44.9 Å². The molecule has 0 fully saturated rings. The third kappa shape index (κ3) is 15.3. The monoisotopic (exact) mass is 312 g/mol. The van der Waals surface area contributed by atoms with Crippen molar-refractivity contribution in [2.24, 2.45) is 0 Å². The van der Waals surface area contributed by atoms with Crippen LogP contribution >= 0.6 is 0 Å². The lowest BCUT2D eigenvalue weighted by atomic mass is 10.1. The first-order valence-corrected chi connectivity index (χ1v) is 8.56. The van der Waals surface area contributed by atoms with Crippen LogP contribution in [0.5, 0.6) is 0 Å². The Hall–Kier alpha value is -1.13. The summed E-state index contributed by atoms with van der Waals surface area (Å²) in [5.74, 6) is -0.721. The molecule has 0 bridgehead atoms. The van der Waals surface area contributed by atoms with Gasteiger partial charge in [0.2, 0.25) is 0 Å². The van der Waals surface area contributed by atoms with Gasteiger partial charge in [-0.25, -0.2) is 4.89 Å². The molecule has 1 atom stereocenters. The first kappa shape index (κ1) is 20.9. The zero-order valence-electron chi connectivity index (χ0n) is 13.9. The lowest BCUT2D eigenvalue weighted by molar-refractivity contribution is -0.267. The molecule has 0 saturated heterocycles. The normalized spacial score (nSPS) is 13.2. The van der Waals surface area contributed by atoms with Gasteiger partial charge >= 0.3 is 5.97 Å². The summed E-state index contributed by atoms with van der Waals surface area (Å²) in [5.41, 5.74) is 0. The van der Waals surface area contributed by atoms with Crippen molar-refractivity contribution < 1.29 is 20.0 Å². The second kappa shape index (κ2) is 16.2. The van der Waals surface area contributed by atoms with Crippen LogP contribution in [0.2, 0.25) is 0 Å². The van der Waals surface area contributed by atoms with Crippen molar-refractivity contribution >= 4 is 5.97 Å². The van der Waals surface area contributed by atoms with E-state index in [9.17, 15) is 4.79 Å². The van der Waals surface area contributed by atoms with Crippen molar-refractivity contribution in [1.29, 1.82) is 0 Å². The molecule has 0 radical (unpaired) electrons. The van der Waals surface area contributed by atoms with Crippen molar-refractivity contribution in [3.63, 3.8) is 0 Å². The van der Waals surface area contributed by atoms with Crippen molar-refractivity contribution in [2.75, 3.05) is 0 Å². The van der Waals surface area contributed by atoms with E-state index in [4.69, 9.17) is 10.4 Å². The molecule has 2 N–H and O–H groups in total. The average molecular weight is 312 g/mol. The van der Waals surface area contributed by atoms with Crippen LogP contribution in [0, 0.1) is 0 Å². The van der Waals surface area contributed by atoms with E-state index >= 15 is 0 Å². The molecule has 4 nitrogen and oxygen atoms in total. The van der Waals surface area contributed by atoms with Crippen LogP contribution in [0.15, 0.2) is 24.3 Å². The Morgan fingerprint density at radius 3 is 2.45 bits per heavy atom. The molecule has 4 heteroatoms. The minimum Gasteiger partial charge on any atom is -0.481 e. The number of allylic oxidation sites excluding steroid dienone is 3. The summed E-state index contributed by atoms with van der Waals surface area (Å²) < 4.78 is 0. The van der Waals surface area contributed by atoms with Gasteiger partial charge in [-0.15, -0.1) is 0 Å². The van der Waals surface area contributed by atoms with Crippen LogP contribution < -0.4 is 0 Å². The molecular weight excluding hydrogens is 280 g/mol. The zero-order chi connectivity index (χ0) is 16.5. The molecule has 0 aliphatic heterocycles. The molecule has 128 valence electrons. The van der Waals surface area contributed by atoms with Gasteiger partial charge in [-0.2, -0.15) is 0 Å². The third-order valence-corrected chi connectivity index (χ3v) is 3.56. The molecule has 0 aliphatic carbocycles. The Bertz CT molecular complexity index is 310. The maximum Gasteiger partial charge on any atom is 0.303 e. The van der Waals surface area contributed by atoms with Crippen LogP contribution in [-0.4, -0.2) is 22.4 Å². The fourth-order valence-corrected chi connectivity index (χ4v) is 2.21. The van der Waals surface area contributed by atoms with Gasteiger partial charge in [-0.3, -0.25) is 10.1 Å². The summed E-state index contributed by atoms with van der Waals surface area (Å²) in [5, 5.41) is 17.4. The fourth-order valence-electron chi connectivity index (χ4n) is 2.21. The molecule has 0 spiro atoms. The van der Waals surface area contributed by atoms with E-state index in [1.54, 1.807) is 0 Å². The SMILES string of the molecule is CCCCC/C=C\C=C[C@H](CCCCCCCC(=O)O)OO. The number of carboxylic acid groups (broad SMARTS) is 1. The number of unbranched alkanes of at least 4 members (excludes halogenated alkanes) is 7. The highest BCUT2D eigenvalue weighted by Gasteiger charge is 2.03. The van der Waals surface area contributed by atoms with Crippen LogP contribution in [0.1, 0.15) is 77.6 Å². The Labute approximate surface area is 134 Å². The number of aliphatic carboxylic acids is 1. The second-order valence-electron chi connectivity index (χ2n) is 5.65. The zero-order valence-corrected chi connectivity index (χ0v) is 13.9. The summed E-state index contributed by atoms with van der Waals surface area (Å²) in [7, 11) is 0. The molecule has 0 aromatic carbocycles. The molecule has 0 heterocycles. The molecule has 22 heavy (non-hydrogen) atoms. The van der Waals surface area contributed by atoms with E-state index < -0.39 is 5.97 Å². The minimum absolute atomic E-state index is 0.251. The summed E-state index contributed by atoms with van der Waals surface area (Å²) >= 11 is 0. The Balaban J connectivity index is 3.59. The van der Waals surface area contributed by atoms with Crippen molar-refractivity contribution in [3.05, 3.63) is 24.3 Å². The molecule has 0 amide bonds. The number of hydrogen-bond donors (Lipinski definition) is 2. The van der Waals surface area contributed by atoms with Gasteiger partial charge in [0, 0.05) is 6.42 Å². The van der Waals surface area contributed by atoms with E-state index in [1.807, 2.05) is 18.2 Å². The molecule has 0 saturated carbocycles. The molecule has 0 aromatic rings. The predicted molar refractivity (Wildman–Crippen MR) is 89.9 cm³/mol. The molecule has 0 aromatic heterocycles. The Kier molecular flexibility index (Phi) is 15.4. The maximum atomic E-state index is 10.4. The van der Waals surface area contributed by atoms with Crippen molar-refractivity contribution in [2.45, 2.75) is 83.7 Å². The lowest BCUT2D eigenvalue weighted by Crippen LogP contribution is -2.06. The van der Waals surface area contributed by atoms with E-state index in [0.29, 0.717) is 0 Å². The van der Waals surface area contributed by atoms with Crippen LogP contribution in [0.4, 0.5) is 0 Å². The van der Waals surface area contributed by atoms with Gasteiger partial charge in [-0.1, -0.05) is 69.8 Å². The van der Waals surface area contributed by atoms with Gasteiger partial charge in [0.25, 0.3) is 0 Å². The molecule has 0 rings (SSSR count). The Morgan fingerprint density at radius 1 is 1.05 bits per heavy atom. The van der Waals surface area contributed by atoms with Crippen molar-refractivity contribution in [1.82, 2.24) is 0 Å². The third-order valence-electron chi connectivity index (χ3n) is 3.56. The van der Waals surface area contributed by atoms with Gasteiger partial charge in [0.15, 0.2) is 0 Å². The highest BCUT2D eigenvalue weighted by molar-refractivity contribution is 5.66. The predicted octanol–water partition coefficient (Wildman–Crippen LogP) is 5.35. The highest BCUT2D eigenvalue weighted by atomic mass is 17.1. The Morgan fingerprint density at radius 2 is 1.77 bits per heavy atom. The topological polar surface area (TPSA) is 66.8 Å². The summed E-state index contributed by atoms with van der Waals surface area (Å²) in [6.45, 7) is 2.19. The van der Waals surface area contributed by atoms with Gasteiger partial charge < -0.3 is 5.11 Å². The van der Waals surface area contributed by atoms with Gasteiger partial charge in [0.05, 0.1) is 0 Å². The first-order chi connectivity index (χ1) is 10.7. The average Bonchev–Trinajstić information content (AvgIpc) is 2.50. The minimum atomic E-state index is -0.721. The van der Waals surface area contributed by atoms with E-state index in [1.165, 1.54) is 19.3 Å². The largest absolute Gasteiger partial charge is 0.481 e. The van der Waals surface area contributed by atoms with E-state index in [2.05, 4.69) is 17.9 Å². The quantitative estimate of drug-likeness (QED) is 0.185. The maximum absolute atomic E-state index is 10.4. The van der Waals surface area contributed by atoms with Crippen molar-refractivity contribution in [3.8, 4) is 0 Å². The van der Waals surface area contributed by atoms with Crippen LogP contribution in [-0.2, 0) is 9.68 Å². The lowest BCUT2D eigenvalue weighted by Gasteiger charge is -2.08. The number of rotatable bonds is 15. The summed E-state index contributed by atoms with van der Waals surface area (Å²) in [6, 6.07) is 0. The summed E-state index contributed by atoms with van der Waals surface area (Å²) in [4.78, 5) is 14.8. The van der Waals surface area contributed by atoms with Crippen LogP contribution in [0.3, 0.4) is 0 Å². The van der Waals surface area contributed by atoms with Gasteiger partial charge in [0.1, 0.15) is 6.10 Å². The first-order valence-electron chi connectivity index (χ1n) is 8.56. The molecule has 0 unspecified atom stereocenters. The summed E-state index contributed by atoms with van der Waals surface area (Å²) in [6.07, 6.45) is 18.3. The smallest absolute Gasteiger partial charge is 0.303 e.